The summed E-state index contributed by atoms with van der Waals surface area (Å²) in [5.74, 6) is 0. The topological polar surface area (TPSA) is 72.2 Å². The van der Waals surface area contributed by atoms with Crippen molar-refractivity contribution in [3.63, 3.8) is 0 Å². The Morgan fingerprint density at radius 1 is 1.33 bits per heavy atom. The number of hydrogen-bond donors (Lipinski definition) is 2. The van der Waals surface area contributed by atoms with Crippen LogP contribution in [0.25, 0.3) is 0 Å². The zero-order valence-corrected chi connectivity index (χ0v) is 8.27. The van der Waals surface area contributed by atoms with Crippen molar-refractivity contribution < 1.29 is 8.42 Å². The van der Waals surface area contributed by atoms with Crippen LogP contribution < -0.4 is 10.5 Å². The van der Waals surface area contributed by atoms with E-state index < -0.39 is 10.0 Å². The van der Waals surface area contributed by atoms with Crippen molar-refractivity contribution in [1.82, 2.24) is 4.72 Å². The van der Waals surface area contributed by atoms with E-state index in [1.165, 1.54) is 20.0 Å². The Bertz CT molecular complexity index is 297. The number of nitrogens with two attached hydrogens (primary N) is 1. The number of hydrogen-bond acceptors (Lipinski definition) is 3. The molecule has 0 aliphatic rings. The highest BCUT2D eigenvalue weighted by Gasteiger charge is 2.07. The lowest BCUT2D eigenvalue weighted by molar-refractivity contribution is 0.594. The maximum atomic E-state index is 11.1. The first-order chi connectivity index (χ1) is 5.40. The van der Waals surface area contributed by atoms with Gasteiger partial charge in [-0.3, -0.25) is 0 Å². The lowest BCUT2D eigenvalue weighted by Crippen LogP contribution is -2.18. The van der Waals surface area contributed by atoms with Crippen molar-refractivity contribution in [3.05, 3.63) is 22.8 Å². The zero-order valence-electron chi connectivity index (χ0n) is 7.46. The minimum Gasteiger partial charge on any atom is -0.402 e. The molecule has 0 aromatic rings. The van der Waals surface area contributed by atoms with Crippen LogP contribution in [0.3, 0.4) is 0 Å². The predicted octanol–water partition coefficient (Wildman–Crippen LogP) is 0.302. The number of nitrogens with one attached hydrogen (secondary N) is 1. The van der Waals surface area contributed by atoms with E-state index >= 15 is 0 Å². The highest BCUT2D eigenvalue weighted by molar-refractivity contribution is 7.93. The maximum Gasteiger partial charge on any atom is 0.236 e. The Labute approximate surface area is 73.2 Å². The third-order valence-corrected chi connectivity index (χ3v) is 2.79. The van der Waals surface area contributed by atoms with Gasteiger partial charge in [-0.2, -0.15) is 0 Å². The van der Waals surface area contributed by atoms with Crippen molar-refractivity contribution in [2.24, 2.45) is 5.73 Å². The van der Waals surface area contributed by atoms with E-state index in [4.69, 9.17) is 5.73 Å². The smallest absolute Gasteiger partial charge is 0.236 e. The SMILES string of the molecule is CNS(=O)(=O)/C(C)=C/C=C(\C)N. The summed E-state index contributed by atoms with van der Waals surface area (Å²) in [5.41, 5.74) is 5.90. The Morgan fingerprint density at radius 3 is 2.17 bits per heavy atom. The molecular weight excluding hydrogens is 176 g/mol. The minimum atomic E-state index is -3.28. The molecule has 0 saturated carbocycles. The fourth-order valence-electron chi connectivity index (χ4n) is 0.499. The quantitative estimate of drug-likeness (QED) is 0.629. The van der Waals surface area contributed by atoms with Gasteiger partial charge in [0.15, 0.2) is 0 Å². The first kappa shape index (κ1) is 11.2. The molecule has 0 unspecified atom stereocenters. The van der Waals surface area contributed by atoms with Crippen LogP contribution in [0.15, 0.2) is 22.8 Å². The fourth-order valence-corrected chi connectivity index (χ4v) is 1.07. The monoisotopic (exact) mass is 190 g/mol. The summed E-state index contributed by atoms with van der Waals surface area (Å²) in [6.07, 6.45) is 3.01. The van der Waals surface area contributed by atoms with Crippen LogP contribution in [0.5, 0.6) is 0 Å². The molecule has 0 aliphatic heterocycles. The molecule has 70 valence electrons. The minimum absolute atomic E-state index is 0.245. The van der Waals surface area contributed by atoms with Gasteiger partial charge in [-0.1, -0.05) is 0 Å². The summed E-state index contributed by atoms with van der Waals surface area (Å²) in [4.78, 5) is 0.245. The van der Waals surface area contributed by atoms with E-state index in [0.29, 0.717) is 5.70 Å². The zero-order chi connectivity index (χ0) is 9.78. The molecule has 0 spiro atoms. The molecule has 0 aromatic heterocycles. The summed E-state index contributed by atoms with van der Waals surface area (Å²) in [6.45, 7) is 3.20. The van der Waals surface area contributed by atoms with E-state index in [0.717, 1.165) is 0 Å². The average Bonchev–Trinajstić information content (AvgIpc) is 2.00. The first-order valence-electron chi connectivity index (χ1n) is 3.44. The third-order valence-electron chi connectivity index (χ3n) is 1.27. The van der Waals surface area contributed by atoms with Crippen molar-refractivity contribution >= 4 is 10.0 Å². The Kier molecular flexibility index (Phi) is 3.99. The summed E-state index contributed by atoms with van der Waals surface area (Å²) >= 11 is 0. The normalized spacial score (nSPS) is 14.9. The molecule has 0 atom stereocenters. The van der Waals surface area contributed by atoms with Crippen molar-refractivity contribution in [2.75, 3.05) is 7.05 Å². The second kappa shape index (κ2) is 4.27. The van der Waals surface area contributed by atoms with Crippen LogP contribution in [0.4, 0.5) is 0 Å². The molecule has 3 N–H and O–H groups in total. The van der Waals surface area contributed by atoms with Crippen molar-refractivity contribution in [3.8, 4) is 0 Å². The summed E-state index contributed by atoms with van der Waals surface area (Å²) in [5, 5.41) is 0. The molecule has 0 rings (SSSR count). The van der Waals surface area contributed by atoms with Gasteiger partial charge in [-0.05, 0) is 33.0 Å². The highest BCUT2D eigenvalue weighted by Crippen LogP contribution is 2.02. The summed E-state index contributed by atoms with van der Waals surface area (Å²) in [7, 11) is -1.92. The maximum absolute atomic E-state index is 11.1. The van der Waals surface area contributed by atoms with Crippen molar-refractivity contribution in [1.29, 1.82) is 0 Å². The summed E-state index contributed by atoms with van der Waals surface area (Å²) < 4.78 is 24.3. The Hall–Kier alpha value is -0.810. The molecule has 5 heteroatoms. The van der Waals surface area contributed by atoms with Gasteiger partial charge >= 0.3 is 0 Å². The summed E-state index contributed by atoms with van der Waals surface area (Å²) in [6, 6.07) is 0. The van der Waals surface area contributed by atoms with E-state index in [2.05, 4.69) is 4.72 Å². The van der Waals surface area contributed by atoms with E-state index in [1.807, 2.05) is 0 Å². The molecule has 0 heterocycles. The van der Waals surface area contributed by atoms with Crippen LogP contribution in [0.1, 0.15) is 13.8 Å². The van der Waals surface area contributed by atoms with E-state index in [9.17, 15) is 8.42 Å². The molecule has 0 fully saturated rings. The van der Waals surface area contributed by atoms with Crippen LogP contribution in [-0.2, 0) is 10.0 Å². The van der Waals surface area contributed by atoms with Gasteiger partial charge in [0.1, 0.15) is 0 Å². The number of allylic oxidation sites excluding steroid dienone is 4. The first-order valence-corrected chi connectivity index (χ1v) is 4.92. The van der Waals surface area contributed by atoms with Gasteiger partial charge in [-0.15, -0.1) is 0 Å². The fraction of sp³-hybridized carbons (Fsp3) is 0.429. The van der Waals surface area contributed by atoms with Crippen LogP contribution in [0, 0.1) is 0 Å². The van der Waals surface area contributed by atoms with Gasteiger partial charge in [0.2, 0.25) is 10.0 Å². The molecule has 0 radical (unpaired) electrons. The molecule has 0 aliphatic carbocycles. The lowest BCUT2D eigenvalue weighted by Gasteiger charge is -1.99. The Balaban J connectivity index is 4.73. The van der Waals surface area contributed by atoms with E-state index in [-0.39, 0.29) is 4.91 Å². The largest absolute Gasteiger partial charge is 0.402 e. The van der Waals surface area contributed by atoms with Gasteiger partial charge in [0.05, 0.1) is 4.91 Å². The van der Waals surface area contributed by atoms with Gasteiger partial charge in [0, 0.05) is 5.70 Å². The molecule has 0 bridgehead atoms. The Morgan fingerprint density at radius 2 is 1.83 bits per heavy atom. The second-order valence-corrected chi connectivity index (χ2v) is 4.45. The van der Waals surface area contributed by atoms with Crippen LogP contribution in [-0.4, -0.2) is 15.5 Å². The number of rotatable bonds is 3. The predicted molar refractivity (Wildman–Crippen MR) is 49.7 cm³/mol. The number of sulfonamides is 1. The molecule has 0 aromatic carbocycles. The molecule has 0 amide bonds. The molecule has 4 nitrogen and oxygen atoms in total. The molecule has 0 saturated heterocycles. The molecule has 12 heavy (non-hydrogen) atoms. The average molecular weight is 190 g/mol. The lowest BCUT2D eigenvalue weighted by atomic mass is 10.4. The van der Waals surface area contributed by atoms with Gasteiger partial charge < -0.3 is 5.73 Å². The van der Waals surface area contributed by atoms with Gasteiger partial charge in [-0.25, -0.2) is 13.1 Å². The van der Waals surface area contributed by atoms with Crippen LogP contribution >= 0.6 is 0 Å². The molecular formula is C7H14N2O2S. The van der Waals surface area contributed by atoms with Crippen molar-refractivity contribution in [2.45, 2.75) is 13.8 Å². The van der Waals surface area contributed by atoms with E-state index in [1.54, 1.807) is 13.0 Å². The standard InChI is InChI=1S/C7H14N2O2S/c1-6(8)4-5-7(2)12(10,11)9-3/h4-5,9H,8H2,1-3H3/b6-4+,7-5+. The highest BCUT2D eigenvalue weighted by atomic mass is 32.2. The third kappa shape index (κ3) is 3.54. The van der Waals surface area contributed by atoms with Crippen LogP contribution in [0.2, 0.25) is 0 Å². The van der Waals surface area contributed by atoms with Gasteiger partial charge in [0.25, 0.3) is 0 Å². The second-order valence-electron chi connectivity index (χ2n) is 2.40.